The summed E-state index contributed by atoms with van der Waals surface area (Å²) in [6.45, 7) is 1.76. The number of nitrogens with two attached hydrogens (primary N) is 2. The Morgan fingerprint density at radius 2 is 1.96 bits per heavy atom. The minimum Gasteiger partial charge on any atom is -0.366 e. The third-order valence-electron chi connectivity index (χ3n) is 4.46. The number of amides is 2. The second-order valence-corrected chi connectivity index (χ2v) is 5.89. The van der Waals surface area contributed by atoms with Crippen LogP contribution in [0.1, 0.15) is 32.3 Å². The van der Waals surface area contributed by atoms with Crippen LogP contribution >= 0.6 is 0 Å². The first kappa shape index (κ1) is 15.3. The fourth-order valence-electron chi connectivity index (χ4n) is 3.18. The van der Waals surface area contributed by atoms with Gasteiger partial charge in [-0.05, 0) is 24.1 Å². The third-order valence-corrected chi connectivity index (χ3v) is 4.46. The minimum atomic E-state index is -0.552. The molecule has 0 saturated carbocycles. The molecular formula is C17H20N4O2. The number of carbonyl (C=O) groups excluding carboxylic acids is 2. The van der Waals surface area contributed by atoms with Crippen molar-refractivity contribution in [3.05, 3.63) is 59.4 Å². The average molecular weight is 312 g/mol. The second kappa shape index (κ2) is 6.26. The van der Waals surface area contributed by atoms with E-state index in [4.69, 9.17) is 11.5 Å². The Balaban J connectivity index is 1.78. The number of benzene rings is 1. The highest BCUT2D eigenvalue weighted by Crippen LogP contribution is 2.32. The van der Waals surface area contributed by atoms with Gasteiger partial charge in [0.05, 0.1) is 5.56 Å². The molecule has 1 aliphatic rings. The van der Waals surface area contributed by atoms with Gasteiger partial charge < -0.3 is 21.4 Å². The second-order valence-electron chi connectivity index (χ2n) is 5.89. The zero-order valence-corrected chi connectivity index (χ0v) is 12.7. The van der Waals surface area contributed by atoms with Crippen LogP contribution < -0.4 is 11.5 Å². The maximum Gasteiger partial charge on any atom is 0.270 e. The third kappa shape index (κ3) is 2.98. The lowest BCUT2D eigenvalue weighted by Gasteiger charge is -2.16. The molecule has 0 bridgehead atoms. The van der Waals surface area contributed by atoms with Gasteiger partial charge in [-0.2, -0.15) is 0 Å². The van der Waals surface area contributed by atoms with Crippen molar-refractivity contribution < 1.29 is 9.59 Å². The van der Waals surface area contributed by atoms with Crippen molar-refractivity contribution in [2.45, 2.75) is 5.92 Å². The van der Waals surface area contributed by atoms with E-state index in [0.29, 0.717) is 30.9 Å². The Labute approximate surface area is 134 Å². The molecule has 2 heterocycles. The summed E-state index contributed by atoms with van der Waals surface area (Å²) in [5.41, 5.74) is 13.0. The maximum atomic E-state index is 12.6. The summed E-state index contributed by atoms with van der Waals surface area (Å²) >= 11 is 0. The summed E-state index contributed by atoms with van der Waals surface area (Å²) in [5.74, 6) is -0.222. The van der Waals surface area contributed by atoms with Crippen LogP contribution in [-0.4, -0.2) is 41.3 Å². The molecule has 5 N–H and O–H groups in total. The molecule has 1 aromatic heterocycles. The number of aromatic nitrogens is 1. The van der Waals surface area contributed by atoms with Gasteiger partial charge in [-0.25, -0.2) is 0 Å². The average Bonchev–Trinajstić information content (AvgIpc) is 3.22. The van der Waals surface area contributed by atoms with Gasteiger partial charge >= 0.3 is 0 Å². The number of primary amides is 1. The van der Waals surface area contributed by atoms with Gasteiger partial charge in [0.15, 0.2) is 0 Å². The van der Waals surface area contributed by atoms with Crippen LogP contribution in [0.2, 0.25) is 0 Å². The van der Waals surface area contributed by atoms with Crippen LogP contribution in [-0.2, 0) is 0 Å². The van der Waals surface area contributed by atoms with Crippen molar-refractivity contribution in [2.75, 3.05) is 19.6 Å². The van der Waals surface area contributed by atoms with Gasteiger partial charge in [-0.3, -0.25) is 9.59 Å². The van der Waals surface area contributed by atoms with Crippen LogP contribution in [0.4, 0.5) is 0 Å². The number of H-pyrrole nitrogens is 1. The van der Waals surface area contributed by atoms with Crippen LogP contribution in [0.25, 0.3) is 0 Å². The van der Waals surface area contributed by atoms with Gasteiger partial charge in [0.25, 0.3) is 5.91 Å². The summed E-state index contributed by atoms with van der Waals surface area (Å²) in [6, 6.07) is 11.6. The number of hydrogen-bond donors (Lipinski definition) is 3. The molecule has 23 heavy (non-hydrogen) atoms. The van der Waals surface area contributed by atoms with Crippen molar-refractivity contribution >= 4 is 11.8 Å². The standard InChI is InChI=1S/C17H20N4O2/c18-7-13-9-21(10-14(13)11-4-2-1-3-5-11)17(23)15-6-12(8-20-15)16(19)22/h1-6,8,13-14,20H,7,9-10,18H2,(H2,19,22)/t13-,14+/m1/s1. The Bertz CT molecular complexity index is 710. The van der Waals surface area contributed by atoms with Crippen molar-refractivity contribution in [3.63, 3.8) is 0 Å². The lowest BCUT2D eigenvalue weighted by Crippen LogP contribution is -2.30. The first-order valence-corrected chi connectivity index (χ1v) is 7.62. The first-order valence-electron chi connectivity index (χ1n) is 7.62. The molecule has 0 unspecified atom stereocenters. The number of hydrogen-bond acceptors (Lipinski definition) is 3. The van der Waals surface area contributed by atoms with Crippen LogP contribution in [0.3, 0.4) is 0 Å². The number of likely N-dealkylation sites (tertiary alicyclic amines) is 1. The predicted molar refractivity (Wildman–Crippen MR) is 86.9 cm³/mol. The topological polar surface area (TPSA) is 105 Å². The smallest absolute Gasteiger partial charge is 0.270 e. The van der Waals surface area contributed by atoms with Crippen molar-refractivity contribution in [1.82, 2.24) is 9.88 Å². The van der Waals surface area contributed by atoms with Crippen LogP contribution in [0.15, 0.2) is 42.6 Å². The van der Waals surface area contributed by atoms with E-state index >= 15 is 0 Å². The summed E-state index contributed by atoms with van der Waals surface area (Å²) in [4.78, 5) is 28.4. The molecule has 1 aromatic carbocycles. The Morgan fingerprint density at radius 1 is 1.22 bits per heavy atom. The van der Waals surface area contributed by atoms with E-state index in [-0.39, 0.29) is 17.7 Å². The van der Waals surface area contributed by atoms with Crippen molar-refractivity contribution in [3.8, 4) is 0 Å². The number of aromatic amines is 1. The summed E-state index contributed by atoms with van der Waals surface area (Å²) in [5, 5.41) is 0. The first-order chi connectivity index (χ1) is 11.1. The van der Waals surface area contributed by atoms with E-state index in [9.17, 15) is 9.59 Å². The van der Waals surface area contributed by atoms with Gasteiger partial charge in [0, 0.05) is 25.2 Å². The number of rotatable bonds is 4. The maximum absolute atomic E-state index is 12.6. The largest absolute Gasteiger partial charge is 0.366 e. The van der Waals surface area contributed by atoms with Crippen molar-refractivity contribution in [1.29, 1.82) is 0 Å². The van der Waals surface area contributed by atoms with E-state index in [1.165, 1.54) is 17.8 Å². The monoisotopic (exact) mass is 312 g/mol. The minimum absolute atomic E-state index is 0.130. The van der Waals surface area contributed by atoms with Gasteiger partial charge in [-0.15, -0.1) is 0 Å². The zero-order valence-electron chi connectivity index (χ0n) is 12.7. The van der Waals surface area contributed by atoms with E-state index in [0.717, 1.165) is 0 Å². The van der Waals surface area contributed by atoms with E-state index in [1.54, 1.807) is 4.90 Å². The van der Waals surface area contributed by atoms with Crippen LogP contribution in [0.5, 0.6) is 0 Å². The molecule has 2 aromatic rings. The van der Waals surface area contributed by atoms with E-state index in [2.05, 4.69) is 17.1 Å². The molecule has 6 nitrogen and oxygen atoms in total. The van der Waals surface area contributed by atoms with Crippen LogP contribution in [0, 0.1) is 5.92 Å². The molecule has 1 fully saturated rings. The number of nitrogens with one attached hydrogen (secondary N) is 1. The fourth-order valence-corrected chi connectivity index (χ4v) is 3.18. The molecule has 1 saturated heterocycles. The molecule has 2 amide bonds. The highest BCUT2D eigenvalue weighted by atomic mass is 16.2. The normalized spacial score (nSPS) is 20.7. The summed E-state index contributed by atoms with van der Waals surface area (Å²) < 4.78 is 0. The Hall–Kier alpha value is -2.60. The van der Waals surface area contributed by atoms with E-state index < -0.39 is 5.91 Å². The fraction of sp³-hybridized carbons (Fsp3) is 0.294. The molecule has 0 aliphatic carbocycles. The summed E-state index contributed by atoms with van der Waals surface area (Å²) in [6.07, 6.45) is 1.46. The quantitative estimate of drug-likeness (QED) is 0.782. The van der Waals surface area contributed by atoms with Gasteiger partial charge in [0.2, 0.25) is 5.91 Å². The SMILES string of the molecule is NC[C@@H]1CN(C(=O)c2cc(C(N)=O)c[nH]2)C[C@H]1c1ccccc1. The number of nitrogens with zero attached hydrogens (tertiary/aromatic N) is 1. The summed E-state index contributed by atoms with van der Waals surface area (Å²) in [7, 11) is 0. The Morgan fingerprint density at radius 3 is 2.57 bits per heavy atom. The lowest BCUT2D eigenvalue weighted by atomic mass is 9.89. The molecular weight excluding hydrogens is 292 g/mol. The predicted octanol–water partition coefficient (Wildman–Crippen LogP) is 0.928. The number of carbonyl (C=O) groups is 2. The highest BCUT2D eigenvalue weighted by molar-refractivity contribution is 5.98. The Kier molecular flexibility index (Phi) is 4.16. The van der Waals surface area contributed by atoms with Gasteiger partial charge in [0.1, 0.15) is 5.69 Å². The molecule has 2 atom stereocenters. The molecule has 1 aliphatic heterocycles. The molecule has 6 heteroatoms. The molecule has 3 rings (SSSR count). The highest BCUT2D eigenvalue weighted by Gasteiger charge is 2.35. The lowest BCUT2D eigenvalue weighted by molar-refractivity contribution is 0.0781. The molecule has 0 spiro atoms. The molecule has 120 valence electrons. The van der Waals surface area contributed by atoms with Gasteiger partial charge in [-0.1, -0.05) is 30.3 Å². The van der Waals surface area contributed by atoms with E-state index in [1.807, 2.05) is 18.2 Å². The zero-order chi connectivity index (χ0) is 16.4. The molecule has 0 radical (unpaired) electrons. The van der Waals surface area contributed by atoms with Crippen molar-refractivity contribution in [2.24, 2.45) is 17.4 Å².